The van der Waals surface area contributed by atoms with E-state index in [1.165, 1.54) is 7.11 Å². The molecule has 16 heavy (non-hydrogen) atoms. The van der Waals surface area contributed by atoms with E-state index in [9.17, 15) is 9.90 Å². The summed E-state index contributed by atoms with van der Waals surface area (Å²) in [6.07, 6.45) is 6.51. The fourth-order valence-corrected chi connectivity index (χ4v) is 1.94. The highest BCUT2D eigenvalue weighted by Gasteiger charge is 2.50. The molecule has 1 heterocycles. The Bertz CT molecular complexity index is 308. The Morgan fingerprint density at radius 3 is 3.00 bits per heavy atom. The number of ether oxygens (including phenoxy) is 1. The van der Waals surface area contributed by atoms with Gasteiger partial charge in [0.2, 0.25) is 0 Å². The van der Waals surface area contributed by atoms with Gasteiger partial charge in [-0.15, -0.1) is 18.9 Å². The van der Waals surface area contributed by atoms with E-state index in [4.69, 9.17) is 11.2 Å². The molecule has 1 rings (SSSR count). The van der Waals surface area contributed by atoms with E-state index in [-0.39, 0.29) is 11.9 Å². The summed E-state index contributed by atoms with van der Waals surface area (Å²) in [7, 11) is 1.47. The molecule has 1 fully saturated rings. The van der Waals surface area contributed by atoms with Crippen molar-refractivity contribution in [3.8, 4) is 12.3 Å². The molecule has 88 valence electrons. The summed E-state index contributed by atoms with van der Waals surface area (Å²) >= 11 is 0. The first-order valence-electron chi connectivity index (χ1n) is 5.23. The number of aliphatic hydroxyl groups is 1. The lowest BCUT2D eigenvalue weighted by atomic mass is 9.90. The van der Waals surface area contributed by atoms with Gasteiger partial charge in [-0.1, -0.05) is 6.08 Å². The van der Waals surface area contributed by atoms with Crippen LogP contribution in [0, 0.1) is 12.3 Å². The van der Waals surface area contributed by atoms with E-state index in [2.05, 4.69) is 12.5 Å². The first-order valence-corrected chi connectivity index (χ1v) is 5.23. The molecule has 0 radical (unpaired) electrons. The highest BCUT2D eigenvalue weighted by molar-refractivity contribution is 5.88. The summed E-state index contributed by atoms with van der Waals surface area (Å²) in [6.45, 7) is 4.03. The van der Waals surface area contributed by atoms with Crippen molar-refractivity contribution in [2.75, 3.05) is 13.7 Å². The second kappa shape index (κ2) is 5.69. The van der Waals surface area contributed by atoms with Gasteiger partial charge in [0.15, 0.2) is 6.10 Å². The Balaban J connectivity index is 2.65. The standard InChI is InChI=1S/C12H17NO3/c1-4-6-8-13-10(9(14)7-5-2)11(16-3)12(13)15/h1,5,9-11,14H,2,6-8H2,3H3/t9-,10+,11-/m1/s1. The summed E-state index contributed by atoms with van der Waals surface area (Å²) in [4.78, 5) is 13.2. The van der Waals surface area contributed by atoms with Crippen LogP contribution in [0.15, 0.2) is 12.7 Å². The quantitative estimate of drug-likeness (QED) is 0.397. The van der Waals surface area contributed by atoms with Crippen molar-refractivity contribution in [3.63, 3.8) is 0 Å². The van der Waals surface area contributed by atoms with Crippen molar-refractivity contribution < 1.29 is 14.6 Å². The molecule has 1 aliphatic rings. The summed E-state index contributed by atoms with van der Waals surface area (Å²) in [5.41, 5.74) is 0. The van der Waals surface area contributed by atoms with Gasteiger partial charge in [-0.25, -0.2) is 0 Å². The minimum absolute atomic E-state index is 0.106. The zero-order valence-corrected chi connectivity index (χ0v) is 9.43. The molecule has 3 atom stereocenters. The number of likely N-dealkylation sites (tertiary alicyclic amines) is 1. The average Bonchev–Trinajstić information content (AvgIpc) is 2.26. The van der Waals surface area contributed by atoms with Crippen LogP contribution in [0.1, 0.15) is 12.8 Å². The van der Waals surface area contributed by atoms with E-state index in [1.807, 2.05) is 0 Å². The molecular weight excluding hydrogens is 206 g/mol. The Hall–Kier alpha value is -1.31. The number of amides is 1. The van der Waals surface area contributed by atoms with Gasteiger partial charge in [-0.3, -0.25) is 4.79 Å². The first kappa shape index (κ1) is 12.8. The van der Waals surface area contributed by atoms with E-state index in [0.29, 0.717) is 19.4 Å². The van der Waals surface area contributed by atoms with Crippen molar-refractivity contribution in [2.45, 2.75) is 31.1 Å². The third-order valence-electron chi connectivity index (χ3n) is 2.75. The summed E-state index contributed by atoms with van der Waals surface area (Å²) < 4.78 is 5.05. The van der Waals surface area contributed by atoms with Crippen LogP contribution in [0.25, 0.3) is 0 Å². The van der Waals surface area contributed by atoms with Crippen LogP contribution in [-0.4, -0.2) is 47.8 Å². The Morgan fingerprint density at radius 2 is 2.50 bits per heavy atom. The minimum atomic E-state index is -0.641. The van der Waals surface area contributed by atoms with Crippen LogP contribution in [0.3, 0.4) is 0 Å². The number of carbonyl (C=O) groups excluding carboxylic acids is 1. The zero-order chi connectivity index (χ0) is 12.1. The molecule has 1 aliphatic heterocycles. The van der Waals surface area contributed by atoms with Crippen LogP contribution in [0.5, 0.6) is 0 Å². The molecule has 0 aromatic heterocycles. The number of hydrogen-bond donors (Lipinski definition) is 1. The Kier molecular flexibility index (Phi) is 4.53. The van der Waals surface area contributed by atoms with Crippen molar-refractivity contribution in [1.82, 2.24) is 4.90 Å². The predicted octanol–water partition coefficient (Wildman–Crippen LogP) is 0.172. The second-order valence-electron chi connectivity index (χ2n) is 3.72. The average molecular weight is 223 g/mol. The van der Waals surface area contributed by atoms with Gasteiger partial charge < -0.3 is 14.7 Å². The van der Waals surface area contributed by atoms with Gasteiger partial charge in [0, 0.05) is 20.1 Å². The van der Waals surface area contributed by atoms with Gasteiger partial charge in [0.25, 0.3) is 5.91 Å². The molecule has 1 amide bonds. The predicted molar refractivity (Wildman–Crippen MR) is 60.6 cm³/mol. The third-order valence-corrected chi connectivity index (χ3v) is 2.75. The highest BCUT2D eigenvalue weighted by Crippen LogP contribution is 2.27. The molecule has 4 nitrogen and oxygen atoms in total. The minimum Gasteiger partial charge on any atom is -0.391 e. The number of aliphatic hydroxyl groups excluding tert-OH is 1. The lowest BCUT2D eigenvalue weighted by molar-refractivity contribution is -0.180. The topological polar surface area (TPSA) is 49.8 Å². The number of β-lactam (4-membered cyclic amide) rings is 1. The number of nitrogens with zero attached hydrogens (tertiary/aromatic N) is 1. The molecule has 0 aromatic carbocycles. The molecule has 0 unspecified atom stereocenters. The maximum Gasteiger partial charge on any atom is 0.254 e. The van der Waals surface area contributed by atoms with Crippen molar-refractivity contribution in [1.29, 1.82) is 0 Å². The van der Waals surface area contributed by atoms with Gasteiger partial charge in [0.05, 0.1) is 12.1 Å². The molecule has 0 aliphatic carbocycles. The Labute approximate surface area is 95.9 Å². The lowest BCUT2D eigenvalue weighted by Gasteiger charge is -2.48. The number of carbonyl (C=O) groups is 1. The fraction of sp³-hybridized carbons (Fsp3) is 0.583. The maximum atomic E-state index is 11.6. The van der Waals surface area contributed by atoms with Crippen molar-refractivity contribution in [2.24, 2.45) is 0 Å². The number of rotatable bonds is 6. The number of methoxy groups -OCH3 is 1. The van der Waals surface area contributed by atoms with Crippen LogP contribution < -0.4 is 0 Å². The molecule has 0 saturated carbocycles. The van der Waals surface area contributed by atoms with Crippen LogP contribution >= 0.6 is 0 Å². The normalized spacial score (nSPS) is 25.8. The van der Waals surface area contributed by atoms with Gasteiger partial charge >= 0.3 is 0 Å². The molecule has 0 aromatic rings. The Morgan fingerprint density at radius 1 is 1.81 bits per heavy atom. The molecule has 1 saturated heterocycles. The van der Waals surface area contributed by atoms with Gasteiger partial charge in [-0.2, -0.15) is 0 Å². The maximum absolute atomic E-state index is 11.6. The molecule has 0 spiro atoms. The first-order chi connectivity index (χ1) is 7.67. The second-order valence-corrected chi connectivity index (χ2v) is 3.72. The monoisotopic (exact) mass is 223 g/mol. The van der Waals surface area contributed by atoms with Crippen molar-refractivity contribution in [3.05, 3.63) is 12.7 Å². The fourth-order valence-electron chi connectivity index (χ4n) is 1.94. The molecule has 1 N–H and O–H groups in total. The number of terminal acetylenes is 1. The molecular formula is C12H17NO3. The summed E-state index contributed by atoms with van der Waals surface area (Å²) in [5, 5.41) is 9.86. The van der Waals surface area contributed by atoms with E-state index < -0.39 is 12.2 Å². The SMILES string of the molecule is C#CCCN1C(=O)[C@H](OC)[C@@H]1[C@H](O)CC=C. The van der Waals surface area contributed by atoms with Crippen LogP contribution in [-0.2, 0) is 9.53 Å². The van der Waals surface area contributed by atoms with Crippen molar-refractivity contribution >= 4 is 5.91 Å². The molecule has 0 bridgehead atoms. The highest BCUT2D eigenvalue weighted by atomic mass is 16.5. The van der Waals surface area contributed by atoms with E-state index in [0.717, 1.165) is 0 Å². The lowest BCUT2D eigenvalue weighted by Crippen LogP contribution is -2.69. The third kappa shape index (κ3) is 2.26. The largest absolute Gasteiger partial charge is 0.391 e. The van der Waals surface area contributed by atoms with Crippen LogP contribution in [0.2, 0.25) is 0 Å². The molecule has 4 heteroatoms. The van der Waals surface area contributed by atoms with E-state index >= 15 is 0 Å². The van der Waals surface area contributed by atoms with Gasteiger partial charge in [0.1, 0.15) is 0 Å². The zero-order valence-electron chi connectivity index (χ0n) is 9.43. The van der Waals surface area contributed by atoms with E-state index in [1.54, 1.807) is 11.0 Å². The summed E-state index contributed by atoms with van der Waals surface area (Å²) in [5.74, 6) is 2.37. The van der Waals surface area contributed by atoms with Gasteiger partial charge in [-0.05, 0) is 6.42 Å². The smallest absolute Gasteiger partial charge is 0.254 e. The summed E-state index contributed by atoms with van der Waals surface area (Å²) in [6, 6.07) is -0.302. The van der Waals surface area contributed by atoms with Crippen LogP contribution in [0.4, 0.5) is 0 Å². The number of hydrogen-bond acceptors (Lipinski definition) is 3.